The quantitative estimate of drug-likeness (QED) is 0.524. The van der Waals surface area contributed by atoms with Gasteiger partial charge in [-0.3, -0.25) is 9.59 Å². The topological polar surface area (TPSA) is 54.3 Å². The zero-order valence-electron chi connectivity index (χ0n) is 18.7. The van der Waals surface area contributed by atoms with Crippen LogP contribution in [-0.2, 0) is 22.3 Å². The zero-order chi connectivity index (χ0) is 24.0. The first kappa shape index (κ1) is 22.3. The van der Waals surface area contributed by atoms with Crippen molar-refractivity contribution in [2.75, 3.05) is 18.4 Å². The molecule has 5 rings (SSSR count). The largest absolute Gasteiger partial charge is 0.416 e. The van der Waals surface area contributed by atoms with Gasteiger partial charge in [-0.25, -0.2) is 0 Å². The number of nitrogens with zero attached hydrogens (tertiary/aromatic N) is 2. The number of amides is 2. The Kier molecular flexibility index (Phi) is 5.46. The summed E-state index contributed by atoms with van der Waals surface area (Å²) in [5, 5.41) is 3.40. The summed E-state index contributed by atoms with van der Waals surface area (Å²) in [6.45, 7) is 3.90. The number of nitrogens with one attached hydrogen (secondary N) is 1. The summed E-state index contributed by atoms with van der Waals surface area (Å²) >= 11 is 0. The third-order valence-electron chi connectivity index (χ3n) is 6.69. The molecule has 5 nitrogen and oxygen atoms in total. The van der Waals surface area contributed by atoms with E-state index in [9.17, 15) is 22.8 Å². The Labute approximate surface area is 194 Å². The van der Waals surface area contributed by atoms with E-state index in [4.69, 9.17) is 0 Å². The second-order valence-corrected chi connectivity index (χ2v) is 9.06. The van der Waals surface area contributed by atoms with Gasteiger partial charge in [-0.15, -0.1) is 0 Å². The van der Waals surface area contributed by atoms with Gasteiger partial charge in [0.2, 0.25) is 5.91 Å². The first-order valence-corrected chi connectivity index (χ1v) is 11.3. The maximum absolute atomic E-state index is 13.1. The van der Waals surface area contributed by atoms with Gasteiger partial charge < -0.3 is 14.8 Å². The number of aromatic nitrogens is 1. The smallest absolute Gasteiger partial charge is 0.341 e. The van der Waals surface area contributed by atoms with E-state index in [-0.39, 0.29) is 18.1 Å². The van der Waals surface area contributed by atoms with Crippen molar-refractivity contribution in [3.05, 3.63) is 65.4 Å². The predicted molar refractivity (Wildman–Crippen MR) is 125 cm³/mol. The van der Waals surface area contributed by atoms with Gasteiger partial charge in [0, 0.05) is 52.6 Å². The second kappa shape index (κ2) is 8.34. The lowest BCUT2D eigenvalue weighted by Gasteiger charge is -2.30. The normalized spacial score (nSPS) is 17.9. The first-order chi connectivity index (χ1) is 16.2. The first-order valence-electron chi connectivity index (χ1n) is 11.3. The number of hydrogen-bond donors (Lipinski definition) is 1. The highest BCUT2D eigenvalue weighted by atomic mass is 19.4. The molecule has 0 bridgehead atoms. The van der Waals surface area contributed by atoms with Gasteiger partial charge in [-0.1, -0.05) is 31.2 Å². The molecular formula is C26H24F3N3O2. The molecule has 3 heterocycles. The molecule has 1 saturated heterocycles. The minimum absolute atomic E-state index is 0.0514. The van der Waals surface area contributed by atoms with Crippen molar-refractivity contribution in [1.82, 2.24) is 9.47 Å². The van der Waals surface area contributed by atoms with E-state index >= 15 is 0 Å². The van der Waals surface area contributed by atoms with E-state index in [1.54, 1.807) is 6.08 Å². The molecule has 3 aromatic rings. The molecule has 0 unspecified atom stereocenters. The Balaban J connectivity index is 1.49. The monoisotopic (exact) mass is 467 g/mol. The van der Waals surface area contributed by atoms with Crippen molar-refractivity contribution in [3.63, 3.8) is 0 Å². The number of likely N-dealkylation sites (tertiary alicyclic amines) is 1. The van der Waals surface area contributed by atoms with Crippen LogP contribution >= 0.6 is 0 Å². The molecule has 0 atom stereocenters. The Morgan fingerprint density at radius 1 is 1.15 bits per heavy atom. The number of alkyl halides is 3. The summed E-state index contributed by atoms with van der Waals surface area (Å²) in [4.78, 5) is 27.5. The van der Waals surface area contributed by atoms with E-state index in [1.807, 2.05) is 39.9 Å². The fraction of sp³-hybridized carbons (Fsp3) is 0.308. The molecule has 0 saturated carbocycles. The number of piperidine rings is 1. The van der Waals surface area contributed by atoms with Crippen molar-refractivity contribution in [2.45, 2.75) is 32.5 Å². The number of halogens is 3. The van der Waals surface area contributed by atoms with Gasteiger partial charge in [0.15, 0.2) is 0 Å². The Hall–Kier alpha value is -3.55. The van der Waals surface area contributed by atoms with Crippen molar-refractivity contribution in [2.24, 2.45) is 5.92 Å². The third-order valence-corrected chi connectivity index (χ3v) is 6.69. The lowest BCUT2D eigenvalue weighted by Crippen LogP contribution is -2.39. The molecule has 0 radical (unpaired) electrons. The summed E-state index contributed by atoms with van der Waals surface area (Å²) in [5.41, 5.74) is 1.64. The number of hydrogen-bond acceptors (Lipinski definition) is 2. The van der Waals surface area contributed by atoms with Crippen LogP contribution in [0, 0.1) is 5.92 Å². The second-order valence-electron chi connectivity index (χ2n) is 9.06. The molecule has 0 spiro atoms. The summed E-state index contributed by atoms with van der Waals surface area (Å²) in [6.07, 6.45) is 1.02. The minimum atomic E-state index is -4.49. The number of anilines is 1. The lowest BCUT2D eigenvalue weighted by molar-refractivity contribution is -0.137. The fourth-order valence-corrected chi connectivity index (χ4v) is 4.69. The average molecular weight is 467 g/mol. The molecule has 34 heavy (non-hydrogen) atoms. The molecule has 176 valence electrons. The van der Waals surface area contributed by atoms with Crippen LogP contribution in [0.4, 0.5) is 18.9 Å². The van der Waals surface area contributed by atoms with E-state index in [2.05, 4.69) is 12.2 Å². The predicted octanol–water partition coefficient (Wildman–Crippen LogP) is 5.41. The Morgan fingerprint density at radius 2 is 1.88 bits per heavy atom. The molecular weight excluding hydrogens is 443 g/mol. The number of para-hydroxylation sites is 1. The van der Waals surface area contributed by atoms with E-state index in [1.165, 1.54) is 6.07 Å². The molecule has 2 aliphatic rings. The van der Waals surface area contributed by atoms with Crippen LogP contribution in [-0.4, -0.2) is 34.4 Å². The van der Waals surface area contributed by atoms with E-state index < -0.39 is 17.6 Å². The van der Waals surface area contributed by atoms with Crippen LogP contribution in [0.5, 0.6) is 0 Å². The van der Waals surface area contributed by atoms with Crippen LogP contribution < -0.4 is 5.32 Å². The van der Waals surface area contributed by atoms with Crippen LogP contribution in [0.15, 0.2) is 48.7 Å². The molecule has 2 aliphatic heterocycles. The summed E-state index contributed by atoms with van der Waals surface area (Å²) in [7, 11) is 0. The summed E-state index contributed by atoms with van der Waals surface area (Å²) in [5.74, 6) is 0.225. The number of rotatable bonds is 3. The maximum atomic E-state index is 13.1. The Bertz CT molecular complexity index is 1310. The summed E-state index contributed by atoms with van der Waals surface area (Å²) < 4.78 is 41.1. The van der Waals surface area contributed by atoms with Gasteiger partial charge in [0.1, 0.15) is 6.54 Å². The van der Waals surface area contributed by atoms with Gasteiger partial charge >= 0.3 is 6.18 Å². The third kappa shape index (κ3) is 4.08. The van der Waals surface area contributed by atoms with E-state index in [0.29, 0.717) is 17.1 Å². The van der Waals surface area contributed by atoms with Crippen molar-refractivity contribution >= 4 is 40.1 Å². The highest BCUT2D eigenvalue weighted by Crippen LogP contribution is 2.39. The number of fused-ring (bicyclic) bond motifs is 2. The number of carbonyl (C=O) groups excluding carboxylic acids is 2. The van der Waals surface area contributed by atoms with Crippen LogP contribution in [0.3, 0.4) is 0 Å². The minimum Gasteiger partial charge on any atom is -0.341 e. The molecule has 2 aromatic carbocycles. The van der Waals surface area contributed by atoms with Crippen molar-refractivity contribution < 1.29 is 22.8 Å². The van der Waals surface area contributed by atoms with Gasteiger partial charge in [0.05, 0.1) is 5.56 Å². The SMILES string of the molecule is CC1CCN(C(=O)Cn2cc(/C=C3/C(=O)Nc4cc(C(F)(F)F)ccc43)c3ccccc32)CC1. The molecule has 8 heteroatoms. The maximum Gasteiger partial charge on any atom is 0.416 e. The molecule has 1 N–H and O–H groups in total. The molecule has 1 aromatic heterocycles. The summed E-state index contributed by atoms with van der Waals surface area (Å²) in [6, 6.07) is 10.8. The number of benzene rings is 2. The van der Waals surface area contributed by atoms with Crippen LogP contribution in [0.2, 0.25) is 0 Å². The van der Waals surface area contributed by atoms with Gasteiger partial charge in [-0.05, 0) is 43.0 Å². The number of carbonyl (C=O) groups is 2. The van der Waals surface area contributed by atoms with Gasteiger partial charge in [0.25, 0.3) is 5.91 Å². The Morgan fingerprint density at radius 3 is 2.62 bits per heavy atom. The standard InChI is InChI=1S/C26H24F3N3O2/c1-16-8-10-31(11-9-16)24(33)15-32-14-17(19-4-2-3-5-23(19)32)12-21-20-7-6-18(26(27,28)29)13-22(20)30-25(21)34/h2-7,12-14,16H,8-11,15H2,1H3,(H,30,34)/b21-12+. The molecule has 2 amide bonds. The average Bonchev–Trinajstić information content (AvgIpc) is 3.30. The van der Waals surface area contributed by atoms with Crippen LogP contribution in [0.1, 0.15) is 36.5 Å². The highest BCUT2D eigenvalue weighted by Gasteiger charge is 2.33. The van der Waals surface area contributed by atoms with E-state index in [0.717, 1.165) is 54.5 Å². The lowest BCUT2D eigenvalue weighted by atomic mass is 9.99. The van der Waals surface area contributed by atoms with Crippen LogP contribution in [0.25, 0.3) is 22.6 Å². The fourth-order valence-electron chi connectivity index (χ4n) is 4.69. The molecule has 0 aliphatic carbocycles. The highest BCUT2D eigenvalue weighted by molar-refractivity contribution is 6.35. The molecule has 1 fully saturated rings. The zero-order valence-corrected chi connectivity index (χ0v) is 18.7. The van der Waals surface area contributed by atoms with Gasteiger partial charge in [-0.2, -0.15) is 13.2 Å². The van der Waals surface area contributed by atoms with Crippen molar-refractivity contribution in [3.8, 4) is 0 Å². The van der Waals surface area contributed by atoms with Crippen molar-refractivity contribution in [1.29, 1.82) is 0 Å².